The molecule has 0 N–H and O–H groups in total. The Kier molecular flexibility index (Phi) is 4.41. The number of carbonyl (C=O) groups is 1. The monoisotopic (exact) mass is 376 g/mol. The lowest BCUT2D eigenvalue weighted by Gasteiger charge is -2.17. The molecule has 2 atom stereocenters. The summed E-state index contributed by atoms with van der Waals surface area (Å²) in [5, 5.41) is 0.565. The number of amides is 1. The Morgan fingerprint density at radius 2 is 2.22 bits per heavy atom. The van der Waals surface area contributed by atoms with Crippen LogP contribution in [0.1, 0.15) is 5.56 Å². The molecule has 1 aromatic carbocycles. The fourth-order valence-electron chi connectivity index (χ4n) is 2.73. The maximum absolute atomic E-state index is 13.7. The molecule has 0 saturated carbocycles. The highest BCUT2D eigenvalue weighted by Gasteiger charge is 2.47. The van der Waals surface area contributed by atoms with Crippen LogP contribution in [-0.4, -0.2) is 54.2 Å². The minimum absolute atomic E-state index is 0.0769. The van der Waals surface area contributed by atoms with Crippen molar-refractivity contribution in [1.29, 1.82) is 0 Å². The topological polar surface area (TPSA) is 66.8 Å². The first kappa shape index (κ1) is 16.7. The zero-order chi connectivity index (χ0) is 16.8. The van der Waals surface area contributed by atoms with E-state index < -0.39 is 21.6 Å². The van der Waals surface area contributed by atoms with Crippen LogP contribution in [0.15, 0.2) is 23.2 Å². The molecule has 0 radical (unpaired) electrons. The number of amidine groups is 1. The Morgan fingerprint density at radius 1 is 1.48 bits per heavy atom. The highest BCUT2D eigenvalue weighted by atomic mass is 35.5. The Morgan fingerprint density at radius 3 is 2.87 bits per heavy atom. The molecular formula is C14H14ClFN2O3S2. The Labute approximate surface area is 142 Å². The largest absolute Gasteiger partial charge is 0.349 e. The number of thioether (sulfide) groups is 1. The number of fused-ring (bicyclic) bond motifs is 1. The van der Waals surface area contributed by atoms with Crippen molar-refractivity contribution in [3.8, 4) is 0 Å². The van der Waals surface area contributed by atoms with E-state index in [0.717, 1.165) is 0 Å². The number of rotatable bonds is 2. The Balaban J connectivity index is 1.75. The third-order valence-corrected chi connectivity index (χ3v) is 7.59. The van der Waals surface area contributed by atoms with Gasteiger partial charge in [0.2, 0.25) is 0 Å². The van der Waals surface area contributed by atoms with Gasteiger partial charge in [0.1, 0.15) is 5.82 Å². The first-order valence-electron chi connectivity index (χ1n) is 6.91. The first-order chi connectivity index (χ1) is 10.8. The van der Waals surface area contributed by atoms with E-state index in [1.165, 1.54) is 30.0 Å². The average molecular weight is 377 g/mol. The lowest BCUT2D eigenvalue weighted by molar-refractivity contribution is -0.117. The molecule has 0 aliphatic carbocycles. The quantitative estimate of drug-likeness (QED) is 0.786. The molecule has 124 valence electrons. The number of sulfone groups is 1. The van der Waals surface area contributed by atoms with Crippen LogP contribution in [0.5, 0.6) is 0 Å². The molecule has 1 amide bonds. The number of nitrogens with zero attached hydrogens (tertiary/aromatic N) is 2. The molecule has 9 heteroatoms. The second-order valence-electron chi connectivity index (χ2n) is 5.58. The van der Waals surface area contributed by atoms with Gasteiger partial charge in [-0.2, -0.15) is 4.99 Å². The summed E-state index contributed by atoms with van der Waals surface area (Å²) >= 11 is 7.19. The van der Waals surface area contributed by atoms with E-state index in [1.54, 1.807) is 11.9 Å². The van der Waals surface area contributed by atoms with E-state index >= 15 is 0 Å². The van der Waals surface area contributed by atoms with Crippen LogP contribution >= 0.6 is 23.4 Å². The van der Waals surface area contributed by atoms with Gasteiger partial charge >= 0.3 is 0 Å². The summed E-state index contributed by atoms with van der Waals surface area (Å²) in [6.07, 6.45) is -0.225. The van der Waals surface area contributed by atoms with Crippen molar-refractivity contribution in [2.24, 2.45) is 4.99 Å². The summed E-state index contributed by atoms with van der Waals surface area (Å²) in [6.45, 7) is 0. The summed E-state index contributed by atoms with van der Waals surface area (Å²) in [5.41, 5.74) is 0.122. The number of hydrogen-bond donors (Lipinski definition) is 0. The van der Waals surface area contributed by atoms with Gasteiger partial charge in [-0.3, -0.25) is 4.79 Å². The Bertz CT molecular complexity index is 777. The highest BCUT2D eigenvalue weighted by molar-refractivity contribution is 8.15. The molecule has 0 spiro atoms. The third kappa shape index (κ3) is 3.39. The van der Waals surface area contributed by atoms with Gasteiger partial charge in [0, 0.05) is 22.9 Å². The third-order valence-electron chi connectivity index (χ3n) is 3.94. The highest BCUT2D eigenvalue weighted by Crippen LogP contribution is 2.37. The molecular weight excluding hydrogens is 363 g/mol. The molecule has 23 heavy (non-hydrogen) atoms. The van der Waals surface area contributed by atoms with Crippen LogP contribution in [0.25, 0.3) is 0 Å². The number of aliphatic imine (C=N–C) groups is 1. The number of carbonyl (C=O) groups excluding carboxylic acids is 1. The Hall–Kier alpha value is -1.12. The molecule has 0 bridgehead atoms. The molecule has 0 unspecified atom stereocenters. The van der Waals surface area contributed by atoms with Crippen LogP contribution in [0.2, 0.25) is 5.02 Å². The van der Waals surface area contributed by atoms with Crippen molar-refractivity contribution in [2.45, 2.75) is 17.7 Å². The van der Waals surface area contributed by atoms with E-state index in [9.17, 15) is 17.6 Å². The molecule has 2 heterocycles. The van der Waals surface area contributed by atoms with Gasteiger partial charge in [-0.05, 0) is 12.1 Å². The SMILES string of the molecule is CN1C(=NC(=O)Cc2c(F)cccc2Cl)S[C@H]2CS(=O)(=O)C[C@H]21. The molecule has 1 aromatic rings. The van der Waals surface area contributed by atoms with E-state index in [0.29, 0.717) is 5.17 Å². The summed E-state index contributed by atoms with van der Waals surface area (Å²) in [7, 11) is -1.30. The van der Waals surface area contributed by atoms with E-state index in [-0.39, 0.29) is 39.8 Å². The van der Waals surface area contributed by atoms with Crippen molar-refractivity contribution < 1.29 is 17.6 Å². The van der Waals surface area contributed by atoms with Crippen molar-refractivity contribution in [2.75, 3.05) is 18.6 Å². The van der Waals surface area contributed by atoms with Crippen molar-refractivity contribution in [1.82, 2.24) is 4.90 Å². The van der Waals surface area contributed by atoms with Crippen molar-refractivity contribution >= 4 is 44.3 Å². The average Bonchev–Trinajstić information content (AvgIpc) is 2.89. The van der Waals surface area contributed by atoms with Gasteiger partial charge in [0.15, 0.2) is 15.0 Å². The zero-order valence-electron chi connectivity index (χ0n) is 12.2. The molecule has 2 aliphatic rings. The maximum Gasteiger partial charge on any atom is 0.252 e. The number of benzene rings is 1. The van der Waals surface area contributed by atoms with Crippen LogP contribution in [0.4, 0.5) is 4.39 Å². The van der Waals surface area contributed by atoms with Gasteiger partial charge in [-0.25, -0.2) is 12.8 Å². The number of halogens is 2. The molecule has 5 nitrogen and oxygen atoms in total. The van der Waals surface area contributed by atoms with Gasteiger partial charge in [0.05, 0.1) is 24.0 Å². The normalized spacial score (nSPS) is 27.4. The van der Waals surface area contributed by atoms with Crippen molar-refractivity contribution in [3.05, 3.63) is 34.6 Å². The lowest BCUT2D eigenvalue weighted by atomic mass is 10.1. The van der Waals surface area contributed by atoms with Crippen LogP contribution < -0.4 is 0 Å². The minimum Gasteiger partial charge on any atom is -0.349 e. The van der Waals surface area contributed by atoms with E-state index in [4.69, 9.17) is 11.6 Å². The molecule has 2 fully saturated rings. The molecule has 2 aliphatic heterocycles. The smallest absolute Gasteiger partial charge is 0.252 e. The van der Waals surface area contributed by atoms with Crippen molar-refractivity contribution in [3.63, 3.8) is 0 Å². The predicted octanol–water partition coefficient (Wildman–Crippen LogP) is 1.75. The fourth-order valence-corrected chi connectivity index (χ4v) is 6.98. The number of hydrogen-bond acceptors (Lipinski definition) is 4. The summed E-state index contributed by atoms with van der Waals surface area (Å²) in [5.74, 6) is -0.873. The van der Waals surface area contributed by atoms with Crippen LogP contribution in [0, 0.1) is 5.82 Å². The second kappa shape index (κ2) is 6.07. The molecule has 2 saturated heterocycles. The lowest BCUT2D eigenvalue weighted by Crippen LogP contribution is -2.34. The summed E-state index contributed by atoms with van der Waals surface area (Å²) in [4.78, 5) is 17.8. The standard InChI is InChI=1S/C14H14ClFN2O3S2/c1-18-11-6-23(20,21)7-12(11)22-14(18)17-13(19)5-8-9(15)3-2-4-10(8)16/h2-4,11-12H,5-7H2,1H3/t11-,12+/m1/s1. The van der Waals surface area contributed by atoms with Gasteiger partial charge in [-0.1, -0.05) is 29.4 Å². The minimum atomic E-state index is -3.02. The maximum atomic E-state index is 13.7. The predicted molar refractivity (Wildman–Crippen MR) is 89.1 cm³/mol. The molecule has 3 rings (SSSR count). The van der Waals surface area contributed by atoms with Gasteiger partial charge in [-0.15, -0.1) is 0 Å². The molecule has 0 aromatic heterocycles. The second-order valence-corrected chi connectivity index (χ2v) is 9.34. The van der Waals surface area contributed by atoms with E-state index in [2.05, 4.69) is 4.99 Å². The van der Waals surface area contributed by atoms with E-state index in [1.807, 2.05) is 0 Å². The van der Waals surface area contributed by atoms with Crippen LogP contribution in [-0.2, 0) is 21.1 Å². The first-order valence-corrected chi connectivity index (χ1v) is 9.99. The summed E-state index contributed by atoms with van der Waals surface area (Å²) < 4.78 is 37.0. The zero-order valence-corrected chi connectivity index (χ0v) is 14.6. The van der Waals surface area contributed by atoms with Gasteiger partial charge < -0.3 is 4.90 Å². The summed E-state index contributed by atoms with van der Waals surface area (Å²) in [6, 6.07) is 4.08. The van der Waals surface area contributed by atoms with Crippen LogP contribution in [0.3, 0.4) is 0 Å². The van der Waals surface area contributed by atoms with Gasteiger partial charge in [0.25, 0.3) is 5.91 Å². The fraction of sp³-hybridized carbons (Fsp3) is 0.429.